The van der Waals surface area contributed by atoms with Crippen molar-refractivity contribution >= 4 is 11.7 Å². The SMILES string of the molecule is O=C(C[NH+]1CCc2ccccc2C1)c1c[nH]c(C(=O)N2CCCC2)c1. The van der Waals surface area contributed by atoms with Gasteiger partial charge in [-0.1, -0.05) is 24.3 Å². The van der Waals surface area contributed by atoms with Crippen LogP contribution in [0.25, 0.3) is 0 Å². The molecular weight excluding hydrogens is 314 g/mol. The van der Waals surface area contributed by atoms with Crippen molar-refractivity contribution in [2.24, 2.45) is 0 Å². The van der Waals surface area contributed by atoms with Crippen molar-refractivity contribution in [3.8, 4) is 0 Å². The Morgan fingerprint density at radius 1 is 1.12 bits per heavy atom. The fourth-order valence-electron chi connectivity index (χ4n) is 3.89. The zero-order valence-electron chi connectivity index (χ0n) is 14.4. The number of aromatic amines is 1. The van der Waals surface area contributed by atoms with Gasteiger partial charge in [0.05, 0.1) is 6.54 Å². The number of carbonyl (C=O) groups is 2. The van der Waals surface area contributed by atoms with Crippen LogP contribution in [-0.2, 0) is 13.0 Å². The fraction of sp³-hybridized carbons (Fsp3) is 0.400. The van der Waals surface area contributed by atoms with Crippen molar-refractivity contribution in [2.45, 2.75) is 25.8 Å². The number of quaternary nitrogens is 1. The first-order valence-corrected chi connectivity index (χ1v) is 9.12. The van der Waals surface area contributed by atoms with Crippen LogP contribution < -0.4 is 4.90 Å². The van der Waals surface area contributed by atoms with Gasteiger partial charge < -0.3 is 14.8 Å². The number of amides is 1. The van der Waals surface area contributed by atoms with Crippen LogP contribution >= 0.6 is 0 Å². The maximum Gasteiger partial charge on any atom is 0.270 e. The van der Waals surface area contributed by atoms with E-state index in [1.54, 1.807) is 12.3 Å². The van der Waals surface area contributed by atoms with Crippen molar-refractivity contribution in [3.63, 3.8) is 0 Å². The Balaban J connectivity index is 1.40. The number of likely N-dealkylation sites (tertiary alicyclic amines) is 1. The number of hydrogen-bond acceptors (Lipinski definition) is 2. The topological polar surface area (TPSA) is 57.6 Å². The Bertz CT molecular complexity index is 790. The summed E-state index contributed by atoms with van der Waals surface area (Å²) in [7, 11) is 0. The lowest BCUT2D eigenvalue weighted by Gasteiger charge is -2.25. The summed E-state index contributed by atoms with van der Waals surface area (Å²) in [5.41, 5.74) is 3.90. The first-order valence-electron chi connectivity index (χ1n) is 9.12. The molecule has 1 saturated heterocycles. The Kier molecular flexibility index (Phi) is 4.40. The monoisotopic (exact) mass is 338 g/mol. The zero-order valence-corrected chi connectivity index (χ0v) is 14.4. The maximum atomic E-state index is 12.6. The van der Waals surface area contributed by atoms with E-state index in [4.69, 9.17) is 0 Å². The predicted octanol–water partition coefficient (Wildman–Crippen LogP) is 1.07. The van der Waals surface area contributed by atoms with Crippen molar-refractivity contribution in [1.82, 2.24) is 9.88 Å². The maximum absolute atomic E-state index is 12.6. The highest BCUT2D eigenvalue weighted by atomic mass is 16.2. The van der Waals surface area contributed by atoms with E-state index in [0.29, 0.717) is 17.8 Å². The Morgan fingerprint density at radius 3 is 2.68 bits per heavy atom. The number of ketones is 1. The summed E-state index contributed by atoms with van der Waals surface area (Å²) in [5, 5.41) is 0. The molecule has 2 aromatic rings. The van der Waals surface area contributed by atoms with Crippen LogP contribution in [0.15, 0.2) is 36.5 Å². The molecule has 5 heteroatoms. The second kappa shape index (κ2) is 6.84. The van der Waals surface area contributed by atoms with E-state index in [0.717, 1.165) is 45.4 Å². The molecular formula is C20H24N3O2+. The highest BCUT2D eigenvalue weighted by molar-refractivity contribution is 6.00. The molecule has 130 valence electrons. The number of rotatable bonds is 4. The zero-order chi connectivity index (χ0) is 17.2. The summed E-state index contributed by atoms with van der Waals surface area (Å²) in [5.74, 6) is 0.113. The van der Waals surface area contributed by atoms with E-state index in [9.17, 15) is 9.59 Å². The summed E-state index contributed by atoms with van der Waals surface area (Å²) in [6.07, 6.45) is 4.84. The Hall–Kier alpha value is -2.40. The molecule has 0 bridgehead atoms. The number of carbonyl (C=O) groups excluding carboxylic acids is 2. The van der Waals surface area contributed by atoms with Crippen LogP contribution in [0.2, 0.25) is 0 Å². The van der Waals surface area contributed by atoms with E-state index < -0.39 is 0 Å². The lowest BCUT2D eigenvalue weighted by molar-refractivity contribution is -0.907. The van der Waals surface area contributed by atoms with E-state index >= 15 is 0 Å². The standard InChI is InChI=1S/C20H23N3O2/c24-19(14-22-10-7-15-5-1-2-6-16(15)13-22)17-11-18(21-12-17)20(25)23-8-3-4-9-23/h1-2,5-6,11-12,21H,3-4,7-10,13-14H2/p+1. The van der Waals surface area contributed by atoms with E-state index in [-0.39, 0.29) is 11.7 Å². The first-order chi connectivity index (χ1) is 12.2. The third kappa shape index (κ3) is 3.37. The van der Waals surface area contributed by atoms with Crippen LogP contribution in [0.5, 0.6) is 0 Å². The molecule has 2 aliphatic rings. The molecule has 0 spiro atoms. The lowest BCUT2D eigenvalue weighted by atomic mass is 9.99. The molecule has 1 aromatic carbocycles. The van der Waals surface area contributed by atoms with E-state index in [2.05, 4.69) is 29.2 Å². The van der Waals surface area contributed by atoms with Gasteiger partial charge in [0.25, 0.3) is 5.91 Å². The average molecular weight is 338 g/mol. The molecule has 1 amide bonds. The summed E-state index contributed by atoms with van der Waals surface area (Å²) in [6, 6.07) is 10.2. The number of benzene rings is 1. The largest absolute Gasteiger partial charge is 0.356 e. The van der Waals surface area contributed by atoms with Crippen molar-refractivity contribution < 1.29 is 14.5 Å². The number of fused-ring (bicyclic) bond motifs is 1. The Labute approximate surface area is 147 Å². The van der Waals surface area contributed by atoms with Gasteiger partial charge in [0.2, 0.25) is 5.78 Å². The number of nitrogens with one attached hydrogen (secondary N) is 2. The minimum atomic E-state index is 0.01000. The van der Waals surface area contributed by atoms with Crippen LogP contribution in [-0.4, -0.2) is 47.8 Å². The second-order valence-corrected chi connectivity index (χ2v) is 7.10. The molecule has 2 aliphatic heterocycles. The summed E-state index contributed by atoms with van der Waals surface area (Å²) < 4.78 is 0. The van der Waals surface area contributed by atoms with Crippen LogP contribution in [0.1, 0.15) is 44.8 Å². The normalized spacial score (nSPS) is 19.7. The first kappa shape index (κ1) is 16.1. The van der Waals surface area contributed by atoms with Gasteiger partial charge in [-0.2, -0.15) is 0 Å². The molecule has 2 N–H and O–H groups in total. The summed E-state index contributed by atoms with van der Waals surface area (Å²) in [6.45, 7) is 3.99. The molecule has 1 aromatic heterocycles. The summed E-state index contributed by atoms with van der Waals surface area (Å²) in [4.78, 5) is 31.1. The third-order valence-corrected chi connectivity index (χ3v) is 5.35. The lowest BCUT2D eigenvalue weighted by Crippen LogP contribution is -3.12. The van der Waals surface area contributed by atoms with Gasteiger partial charge in [-0.3, -0.25) is 9.59 Å². The molecule has 1 atom stereocenters. The molecule has 5 nitrogen and oxygen atoms in total. The number of hydrogen-bond donors (Lipinski definition) is 2. The second-order valence-electron chi connectivity index (χ2n) is 7.10. The molecule has 0 aliphatic carbocycles. The highest BCUT2D eigenvalue weighted by Gasteiger charge is 2.25. The van der Waals surface area contributed by atoms with Gasteiger partial charge in [-0.05, 0) is 24.5 Å². The molecule has 0 saturated carbocycles. The number of Topliss-reactive ketones (excluding diaryl/α,β-unsaturated/α-hetero) is 1. The van der Waals surface area contributed by atoms with Gasteiger partial charge >= 0.3 is 0 Å². The molecule has 25 heavy (non-hydrogen) atoms. The van der Waals surface area contributed by atoms with Crippen LogP contribution in [0.3, 0.4) is 0 Å². The Morgan fingerprint density at radius 2 is 1.88 bits per heavy atom. The number of aromatic nitrogens is 1. The smallest absolute Gasteiger partial charge is 0.270 e. The number of nitrogens with zero attached hydrogens (tertiary/aromatic N) is 1. The predicted molar refractivity (Wildman–Crippen MR) is 94.8 cm³/mol. The average Bonchev–Trinajstić information content (AvgIpc) is 3.33. The minimum absolute atomic E-state index is 0.01000. The molecule has 4 rings (SSSR count). The van der Waals surface area contributed by atoms with Crippen LogP contribution in [0, 0.1) is 0 Å². The summed E-state index contributed by atoms with van der Waals surface area (Å²) >= 11 is 0. The van der Waals surface area contributed by atoms with Gasteiger partial charge in [0.1, 0.15) is 18.8 Å². The minimum Gasteiger partial charge on any atom is -0.356 e. The van der Waals surface area contributed by atoms with Crippen molar-refractivity contribution in [3.05, 3.63) is 58.9 Å². The van der Waals surface area contributed by atoms with Gasteiger partial charge in [0.15, 0.2) is 0 Å². The molecule has 0 radical (unpaired) electrons. The van der Waals surface area contributed by atoms with Gasteiger partial charge in [-0.25, -0.2) is 0 Å². The third-order valence-electron chi connectivity index (χ3n) is 5.35. The molecule has 1 unspecified atom stereocenters. The van der Waals surface area contributed by atoms with Crippen LogP contribution in [0.4, 0.5) is 0 Å². The van der Waals surface area contributed by atoms with Gasteiger partial charge in [0, 0.05) is 36.8 Å². The molecule has 1 fully saturated rings. The highest BCUT2D eigenvalue weighted by Crippen LogP contribution is 2.14. The fourth-order valence-corrected chi connectivity index (χ4v) is 3.89. The van der Waals surface area contributed by atoms with Gasteiger partial charge in [-0.15, -0.1) is 0 Å². The van der Waals surface area contributed by atoms with Crippen molar-refractivity contribution in [1.29, 1.82) is 0 Å². The van der Waals surface area contributed by atoms with E-state index in [1.165, 1.54) is 16.0 Å². The van der Waals surface area contributed by atoms with E-state index in [1.807, 2.05) is 4.90 Å². The van der Waals surface area contributed by atoms with Crippen molar-refractivity contribution in [2.75, 3.05) is 26.2 Å². The quantitative estimate of drug-likeness (QED) is 0.820. The molecule has 3 heterocycles. The number of H-pyrrole nitrogens is 1.